The average molecular weight is 446 g/mol. The maximum absolute atomic E-state index is 13.5. The van der Waals surface area contributed by atoms with E-state index in [2.05, 4.69) is 54.7 Å². The number of terminal acetylenes is 1. The summed E-state index contributed by atoms with van der Waals surface area (Å²) in [6.07, 6.45) is 14.1. The van der Waals surface area contributed by atoms with Crippen molar-refractivity contribution in [3.8, 4) is 12.3 Å². The summed E-state index contributed by atoms with van der Waals surface area (Å²) >= 11 is 0. The lowest BCUT2D eigenvalue weighted by atomic mass is 9.88. The van der Waals surface area contributed by atoms with E-state index < -0.39 is 5.92 Å². The van der Waals surface area contributed by atoms with Gasteiger partial charge in [0, 0.05) is 37.7 Å². The molecule has 0 aliphatic carbocycles. The molecule has 1 aliphatic heterocycles. The van der Waals surface area contributed by atoms with E-state index in [1.54, 1.807) is 12.1 Å². The Hall–Kier alpha value is -3.12. The molecule has 0 bridgehead atoms. The fourth-order valence-corrected chi connectivity index (χ4v) is 4.42. The van der Waals surface area contributed by atoms with E-state index in [0.29, 0.717) is 12.3 Å². The van der Waals surface area contributed by atoms with Crippen molar-refractivity contribution < 1.29 is 8.78 Å². The predicted octanol–water partition coefficient (Wildman–Crippen LogP) is 7.94. The molecule has 0 radical (unpaired) electrons. The summed E-state index contributed by atoms with van der Waals surface area (Å²) in [6, 6.07) is 13.3. The van der Waals surface area contributed by atoms with Crippen LogP contribution in [0.2, 0.25) is 0 Å². The van der Waals surface area contributed by atoms with Gasteiger partial charge in [-0.25, -0.2) is 8.78 Å². The van der Waals surface area contributed by atoms with E-state index in [0.717, 1.165) is 55.3 Å². The van der Waals surface area contributed by atoms with Crippen molar-refractivity contribution in [1.29, 1.82) is 0 Å². The number of benzene rings is 2. The molecule has 0 atom stereocenters. The molecule has 3 heteroatoms. The Balaban J connectivity index is 1.69. The lowest BCUT2D eigenvalue weighted by molar-refractivity contribution is 0.0174. The molecule has 33 heavy (non-hydrogen) atoms. The number of rotatable bonds is 7. The first-order valence-corrected chi connectivity index (χ1v) is 11.5. The molecule has 1 aliphatic rings. The third-order valence-electron chi connectivity index (χ3n) is 6.49. The second kappa shape index (κ2) is 10.7. The second-order valence-electron chi connectivity index (χ2n) is 8.80. The highest BCUT2D eigenvalue weighted by Crippen LogP contribution is 2.34. The molecule has 2 aromatic rings. The molecule has 0 unspecified atom stereocenters. The summed E-state index contributed by atoms with van der Waals surface area (Å²) in [5.74, 6) is 0.234. The molecule has 0 N–H and O–H groups in total. The van der Waals surface area contributed by atoms with Crippen molar-refractivity contribution in [2.75, 3.05) is 13.1 Å². The molecule has 172 valence electrons. The summed E-state index contributed by atoms with van der Waals surface area (Å²) in [5.41, 5.74) is 6.91. The van der Waals surface area contributed by atoms with Crippen molar-refractivity contribution in [1.82, 2.24) is 4.90 Å². The Bertz CT molecular complexity index is 1070. The van der Waals surface area contributed by atoms with Crippen LogP contribution in [-0.2, 0) is 5.92 Å². The minimum atomic E-state index is -2.80. The van der Waals surface area contributed by atoms with Crippen molar-refractivity contribution in [2.45, 2.75) is 51.9 Å². The minimum Gasteiger partial charge on any atom is -0.371 e. The van der Waals surface area contributed by atoms with Gasteiger partial charge in [-0.1, -0.05) is 61.2 Å². The smallest absolute Gasteiger partial charge is 0.270 e. The lowest BCUT2D eigenvalue weighted by Crippen LogP contribution is -2.31. The third kappa shape index (κ3) is 6.02. The van der Waals surface area contributed by atoms with Gasteiger partial charge in [0.25, 0.3) is 5.92 Å². The van der Waals surface area contributed by atoms with Crippen molar-refractivity contribution in [3.63, 3.8) is 0 Å². The zero-order valence-electron chi connectivity index (χ0n) is 19.9. The largest absolute Gasteiger partial charge is 0.371 e. The molecule has 0 aromatic heterocycles. The normalized spacial score (nSPS) is 15.6. The molecule has 2 aromatic carbocycles. The van der Waals surface area contributed by atoms with Gasteiger partial charge >= 0.3 is 0 Å². The number of piperidine rings is 1. The number of hydrogen-bond donors (Lipinski definition) is 0. The Morgan fingerprint density at radius 2 is 1.85 bits per heavy atom. The lowest BCUT2D eigenvalue weighted by Gasteiger charge is -2.35. The van der Waals surface area contributed by atoms with Gasteiger partial charge in [-0.3, -0.25) is 0 Å². The Morgan fingerprint density at radius 3 is 2.42 bits per heavy atom. The fraction of sp³-hybridized carbons (Fsp3) is 0.333. The van der Waals surface area contributed by atoms with E-state index in [9.17, 15) is 8.78 Å². The van der Waals surface area contributed by atoms with Gasteiger partial charge < -0.3 is 4.90 Å². The number of halogens is 2. The van der Waals surface area contributed by atoms with Gasteiger partial charge in [-0.05, 0) is 66.5 Å². The summed E-state index contributed by atoms with van der Waals surface area (Å²) < 4.78 is 27.0. The van der Waals surface area contributed by atoms with Crippen LogP contribution in [0, 0.1) is 19.3 Å². The van der Waals surface area contributed by atoms with E-state index in [-0.39, 0.29) is 5.56 Å². The van der Waals surface area contributed by atoms with Crippen LogP contribution in [0.1, 0.15) is 66.8 Å². The maximum Gasteiger partial charge on any atom is 0.270 e. The van der Waals surface area contributed by atoms with E-state index >= 15 is 0 Å². The van der Waals surface area contributed by atoms with Crippen LogP contribution in [0.5, 0.6) is 0 Å². The topological polar surface area (TPSA) is 3.24 Å². The van der Waals surface area contributed by atoms with Crippen LogP contribution in [0.25, 0.3) is 11.3 Å². The highest BCUT2D eigenvalue weighted by Gasteiger charge is 2.26. The minimum absolute atomic E-state index is 0.0712. The zero-order chi connectivity index (χ0) is 24.0. The highest BCUT2D eigenvalue weighted by atomic mass is 19.3. The van der Waals surface area contributed by atoms with Crippen molar-refractivity contribution >= 4 is 11.3 Å². The summed E-state index contributed by atoms with van der Waals surface area (Å²) in [5, 5.41) is 0. The van der Waals surface area contributed by atoms with Crippen molar-refractivity contribution in [2.24, 2.45) is 0 Å². The SMILES string of the molecule is C#CC/C=C\C(=C/C)c1cc(C(=C)N2CCC(c3ccc(C(C)(F)F)cc3)CC2)ccc1C. The van der Waals surface area contributed by atoms with Gasteiger partial charge in [-0.15, -0.1) is 12.3 Å². The van der Waals surface area contributed by atoms with Gasteiger partial charge in [-0.2, -0.15) is 0 Å². The first kappa shape index (κ1) is 24.5. The number of aryl methyl sites for hydroxylation is 1. The quantitative estimate of drug-likeness (QED) is 0.309. The zero-order valence-corrected chi connectivity index (χ0v) is 19.9. The van der Waals surface area contributed by atoms with Crippen LogP contribution in [0.4, 0.5) is 8.78 Å². The Kier molecular flexibility index (Phi) is 7.92. The average Bonchev–Trinajstić information content (AvgIpc) is 2.82. The molecule has 0 saturated carbocycles. The Morgan fingerprint density at radius 1 is 1.18 bits per heavy atom. The van der Waals surface area contributed by atoms with Gasteiger partial charge in [0.1, 0.15) is 0 Å². The van der Waals surface area contributed by atoms with Gasteiger partial charge in [0.2, 0.25) is 0 Å². The number of nitrogens with zero attached hydrogens (tertiary/aromatic N) is 1. The molecule has 1 heterocycles. The number of hydrogen-bond acceptors (Lipinski definition) is 1. The van der Waals surface area contributed by atoms with Crippen LogP contribution in [-0.4, -0.2) is 18.0 Å². The fourth-order valence-electron chi connectivity index (χ4n) is 4.42. The monoisotopic (exact) mass is 445 g/mol. The van der Waals surface area contributed by atoms with Crippen LogP contribution >= 0.6 is 0 Å². The van der Waals surface area contributed by atoms with Crippen molar-refractivity contribution in [3.05, 3.63) is 95.1 Å². The summed E-state index contributed by atoms with van der Waals surface area (Å²) in [4.78, 5) is 2.34. The molecule has 0 amide bonds. The molecular formula is C30H33F2N. The number of likely N-dealkylation sites (tertiary alicyclic amines) is 1. The number of allylic oxidation sites excluding steroid dienone is 4. The van der Waals surface area contributed by atoms with E-state index in [1.165, 1.54) is 11.1 Å². The van der Waals surface area contributed by atoms with Crippen LogP contribution in [0.15, 0.2) is 67.3 Å². The van der Waals surface area contributed by atoms with E-state index in [1.807, 2.05) is 25.1 Å². The predicted molar refractivity (Wildman–Crippen MR) is 136 cm³/mol. The van der Waals surface area contributed by atoms with Crippen LogP contribution in [0.3, 0.4) is 0 Å². The number of alkyl halides is 2. The molecule has 1 nitrogen and oxygen atoms in total. The molecule has 0 spiro atoms. The molecule has 1 fully saturated rings. The third-order valence-corrected chi connectivity index (χ3v) is 6.49. The highest BCUT2D eigenvalue weighted by molar-refractivity contribution is 5.78. The second-order valence-corrected chi connectivity index (χ2v) is 8.80. The Labute approximate surface area is 197 Å². The van der Waals surface area contributed by atoms with E-state index in [4.69, 9.17) is 6.42 Å². The molecule has 1 saturated heterocycles. The molecular weight excluding hydrogens is 412 g/mol. The summed E-state index contributed by atoms with van der Waals surface area (Å²) in [6.45, 7) is 11.3. The summed E-state index contributed by atoms with van der Waals surface area (Å²) in [7, 11) is 0. The molecule has 3 rings (SSSR count). The van der Waals surface area contributed by atoms with Gasteiger partial charge in [0.05, 0.1) is 0 Å². The van der Waals surface area contributed by atoms with Gasteiger partial charge in [0.15, 0.2) is 0 Å². The van der Waals surface area contributed by atoms with Crippen LogP contribution < -0.4 is 0 Å². The first-order chi connectivity index (χ1) is 15.7. The standard InChI is InChI=1S/C30H33F2N/c1-6-8-9-10-24(7-2)29-21-27(12-11-22(29)3)23(4)33-19-17-26(18-20-33)25-13-15-28(16-14-25)30(5,31)32/h1,7,9-16,21,26H,4,8,17-20H2,2-3,5H3/b10-9-,24-7+. The first-order valence-electron chi connectivity index (χ1n) is 11.5. The maximum atomic E-state index is 13.5.